The highest BCUT2D eigenvalue weighted by Gasteiger charge is 2.10. The molecule has 3 aromatic rings. The SMILES string of the molecule is NC(=O)NCc1ccc(C(=O)Nc2ncc(Cc3ccc(F)cc3)s2)cc1. The van der Waals surface area contributed by atoms with Crippen LogP contribution in [0.4, 0.5) is 14.3 Å². The molecule has 0 fully saturated rings. The van der Waals surface area contributed by atoms with E-state index in [0.29, 0.717) is 23.7 Å². The first kappa shape index (κ1) is 18.5. The van der Waals surface area contributed by atoms with Crippen LogP contribution in [-0.2, 0) is 13.0 Å². The Morgan fingerprint density at radius 2 is 1.70 bits per heavy atom. The van der Waals surface area contributed by atoms with Crippen LogP contribution in [0, 0.1) is 5.82 Å². The number of nitrogens with one attached hydrogen (secondary N) is 2. The van der Waals surface area contributed by atoms with Gasteiger partial charge in [-0.2, -0.15) is 0 Å². The summed E-state index contributed by atoms with van der Waals surface area (Å²) in [6, 6.07) is 12.5. The Morgan fingerprint density at radius 1 is 1.04 bits per heavy atom. The standard InChI is InChI=1S/C19H17FN4O2S/c20-15-7-3-12(4-8-15)9-16-11-23-19(27-16)24-17(25)14-5-1-13(2-6-14)10-22-18(21)26/h1-8,11H,9-10H2,(H3,21,22,26)(H,23,24,25). The van der Waals surface area contributed by atoms with E-state index in [2.05, 4.69) is 15.6 Å². The summed E-state index contributed by atoms with van der Waals surface area (Å²) in [7, 11) is 0. The minimum Gasteiger partial charge on any atom is -0.352 e. The van der Waals surface area contributed by atoms with E-state index in [4.69, 9.17) is 5.73 Å². The molecule has 1 heterocycles. The number of urea groups is 1. The van der Waals surface area contributed by atoms with Crippen LogP contribution in [0.5, 0.6) is 0 Å². The van der Waals surface area contributed by atoms with Crippen molar-refractivity contribution in [3.8, 4) is 0 Å². The molecule has 0 bridgehead atoms. The second-order valence-corrected chi connectivity index (χ2v) is 6.92. The first-order valence-corrected chi connectivity index (χ1v) is 8.94. The average Bonchev–Trinajstić information content (AvgIpc) is 3.09. The van der Waals surface area contributed by atoms with Crippen LogP contribution in [0.2, 0.25) is 0 Å². The maximum Gasteiger partial charge on any atom is 0.312 e. The maximum atomic E-state index is 13.0. The molecule has 4 N–H and O–H groups in total. The van der Waals surface area contributed by atoms with Crippen molar-refractivity contribution < 1.29 is 14.0 Å². The second-order valence-electron chi connectivity index (χ2n) is 5.80. The smallest absolute Gasteiger partial charge is 0.312 e. The Morgan fingerprint density at radius 3 is 2.37 bits per heavy atom. The fourth-order valence-corrected chi connectivity index (χ4v) is 3.22. The Hall–Kier alpha value is -3.26. The topological polar surface area (TPSA) is 97.1 Å². The molecular formula is C19H17FN4O2S. The van der Waals surface area contributed by atoms with Crippen LogP contribution >= 0.6 is 11.3 Å². The maximum absolute atomic E-state index is 13.0. The molecule has 0 saturated carbocycles. The summed E-state index contributed by atoms with van der Waals surface area (Å²) in [6.45, 7) is 0.302. The Kier molecular flexibility index (Phi) is 5.77. The zero-order valence-corrected chi connectivity index (χ0v) is 15.1. The van der Waals surface area contributed by atoms with Gasteiger partial charge in [-0.3, -0.25) is 10.1 Å². The molecule has 0 radical (unpaired) electrons. The lowest BCUT2D eigenvalue weighted by atomic mass is 10.1. The van der Waals surface area contributed by atoms with E-state index in [1.807, 2.05) is 0 Å². The number of thiazole rings is 1. The third-order valence-corrected chi connectivity index (χ3v) is 4.66. The normalized spacial score (nSPS) is 10.4. The van der Waals surface area contributed by atoms with Crippen molar-refractivity contribution in [3.63, 3.8) is 0 Å². The van der Waals surface area contributed by atoms with Gasteiger partial charge < -0.3 is 11.1 Å². The first-order valence-electron chi connectivity index (χ1n) is 8.12. The van der Waals surface area contributed by atoms with Gasteiger partial charge in [-0.25, -0.2) is 14.2 Å². The Labute approximate surface area is 159 Å². The number of benzene rings is 2. The predicted molar refractivity (Wildman–Crippen MR) is 102 cm³/mol. The summed E-state index contributed by atoms with van der Waals surface area (Å²) in [5, 5.41) is 5.74. The Balaban J connectivity index is 1.58. The fourth-order valence-electron chi connectivity index (χ4n) is 2.38. The van der Waals surface area contributed by atoms with E-state index in [0.717, 1.165) is 16.0 Å². The molecule has 2 aromatic carbocycles. The number of carbonyl (C=O) groups is 2. The summed E-state index contributed by atoms with van der Waals surface area (Å²) in [5.74, 6) is -0.542. The highest BCUT2D eigenvalue weighted by Crippen LogP contribution is 2.22. The van der Waals surface area contributed by atoms with Crippen LogP contribution in [0.1, 0.15) is 26.4 Å². The molecule has 138 valence electrons. The van der Waals surface area contributed by atoms with E-state index in [1.54, 1.807) is 42.6 Å². The number of hydrogen-bond donors (Lipinski definition) is 3. The number of nitrogens with zero attached hydrogens (tertiary/aromatic N) is 1. The number of aromatic nitrogens is 1. The fraction of sp³-hybridized carbons (Fsp3) is 0.105. The lowest BCUT2D eigenvalue weighted by molar-refractivity contribution is 0.102. The molecule has 3 amide bonds. The van der Waals surface area contributed by atoms with Crippen molar-refractivity contribution in [2.75, 3.05) is 5.32 Å². The summed E-state index contributed by atoms with van der Waals surface area (Å²) in [5.41, 5.74) is 7.31. The van der Waals surface area contributed by atoms with Crippen LogP contribution in [-0.4, -0.2) is 16.9 Å². The van der Waals surface area contributed by atoms with Gasteiger partial charge in [-0.1, -0.05) is 24.3 Å². The molecule has 27 heavy (non-hydrogen) atoms. The molecular weight excluding hydrogens is 367 g/mol. The first-order chi connectivity index (χ1) is 13.0. The summed E-state index contributed by atoms with van der Waals surface area (Å²) in [6.07, 6.45) is 2.32. The molecule has 0 aliphatic heterocycles. The summed E-state index contributed by atoms with van der Waals surface area (Å²) >= 11 is 1.37. The van der Waals surface area contributed by atoms with Gasteiger partial charge in [-0.15, -0.1) is 11.3 Å². The van der Waals surface area contributed by atoms with Gasteiger partial charge in [0.2, 0.25) is 0 Å². The largest absolute Gasteiger partial charge is 0.352 e. The van der Waals surface area contributed by atoms with E-state index >= 15 is 0 Å². The van der Waals surface area contributed by atoms with Gasteiger partial charge >= 0.3 is 6.03 Å². The van der Waals surface area contributed by atoms with Gasteiger partial charge in [-0.05, 0) is 35.4 Å². The Bertz CT molecular complexity index is 939. The molecule has 3 rings (SSSR count). The molecule has 0 aliphatic rings. The quantitative estimate of drug-likeness (QED) is 0.608. The van der Waals surface area contributed by atoms with Gasteiger partial charge in [0, 0.05) is 29.6 Å². The van der Waals surface area contributed by atoms with Crippen molar-refractivity contribution in [2.24, 2.45) is 5.73 Å². The molecule has 8 heteroatoms. The van der Waals surface area contributed by atoms with Gasteiger partial charge in [0.05, 0.1) is 0 Å². The minimum absolute atomic E-state index is 0.271. The van der Waals surface area contributed by atoms with Crippen LogP contribution in [0.25, 0.3) is 0 Å². The number of nitrogens with two attached hydrogens (primary N) is 1. The number of amides is 3. The molecule has 0 aliphatic carbocycles. The molecule has 0 unspecified atom stereocenters. The van der Waals surface area contributed by atoms with E-state index in [-0.39, 0.29) is 11.7 Å². The second kappa shape index (κ2) is 8.41. The lowest BCUT2D eigenvalue weighted by Gasteiger charge is -2.05. The van der Waals surface area contributed by atoms with Crippen molar-refractivity contribution in [1.29, 1.82) is 0 Å². The number of anilines is 1. The molecule has 0 saturated heterocycles. The highest BCUT2D eigenvalue weighted by atomic mass is 32.1. The number of carbonyl (C=O) groups excluding carboxylic acids is 2. The van der Waals surface area contributed by atoms with Crippen LogP contribution in [0.3, 0.4) is 0 Å². The number of primary amides is 1. The third kappa shape index (κ3) is 5.35. The van der Waals surface area contributed by atoms with Gasteiger partial charge in [0.25, 0.3) is 5.91 Å². The number of halogens is 1. The lowest BCUT2D eigenvalue weighted by Crippen LogP contribution is -2.28. The number of hydrogen-bond acceptors (Lipinski definition) is 4. The average molecular weight is 384 g/mol. The van der Waals surface area contributed by atoms with Gasteiger partial charge in [0.15, 0.2) is 5.13 Å². The molecule has 1 aromatic heterocycles. The van der Waals surface area contributed by atoms with Crippen molar-refractivity contribution in [2.45, 2.75) is 13.0 Å². The molecule has 0 spiro atoms. The van der Waals surface area contributed by atoms with Crippen molar-refractivity contribution in [1.82, 2.24) is 10.3 Å². The number of rotatable bonds is 6. The highest BCUT2D eigenvalue weighted by molar-refractivity contribution is 7.15. The monoisotopic (exact) mass is 384 g/mol. The minimum atomic E-state index is -0.600. The van der Waals surface area contributed by atoms with E-state index in [9.17, 15) is 14.0 Å². The molecule has 6 nitrogen and oxygen atoms in total. The zero-order chi connectivity index (χ0) is 19.2. The van der Waals surface area contributed by atoms with E-state index in [1.165, 1.54) is 23.5 Å². The molecule has 0 atom stereocenters. The van der Waals surface area contributed by atoms with E-state index < -0.39 is 6.03 Å². The van der Waals surface area contributed by atoms with Crippen LogP contribution in [0.15, 0.2) is 54.7 Å². The van der Waals surface area contributed by atoms with Gasteiger partial charge in [0.1, 0.15) is 5.82 Å². The van der Waals surface area contributed by atoms with Crippen molar-refractivity contribution >= 4 is 28.4 Å². The van der Waals surface area contributed by atoms with Crippen molar-refractivity contribution in [3.05, 3.63) is 82.1 Å². The van der Waals surface area contributed by atoms with Crippen LogP contribution < -0.4 is 16.4 Å². The predicted octanol–water partition coefficient (Wildman–Crippen LogP) is 3.29. The zero-order valence-electron chi connectivity index (χ0n) is 14.2. The summed E-state index contributed by atoms with van der Waals surface area (Å²) in [4.78, 5) is 28.2. The third-order valence-electron chi connectivity index (χ3n) is 3.75. The summed E-state index contributed by atoms with van der Waals surface area (Å²) < 4.78 is 13.0.